The van der Waals surface area contributed by atoms with Crippen LogP contribution in [0.1, 0.15) is 12.0 Å². The van der Waals surface area contributed by atoms with Crippen LogP contribution in [0.5, 0.6) is 0 Å². The fourth-order valence-corrected chi connectivity index (χ4v) is 2.89. The lowest BCUT2D eigenvalue weighted by atomic mass is 9.91. The van der Waals surface area contributed by atoms with Crippen LogP contribution in [-0.2, 0) is 0 Å². The molecule has 15 heavy (non-hydrogen) atoms. The summed E-state index contributed by atoms with van der Waals surface area (Å²) >= 11 is 3.37. The predicted molar refractivity (Wildman–Crippen MR) is 64.4 cm³/mol. The number of allylic oxidation sites excluding steroid dienone is 1. The van der Waals surface area contributed by atoms with Crippen LogP contribution in [0, 0.1) is 11.8 Å². The predicted octanol–water partition coefficient (Wildman–Crippen LogP) is 2.47. The van der Waals surface area contributed by atoms with E-state index >= 15 is 0 Å². The first-order valence-corrected chi connectivity index (χ1v) is 6.16. The third-order valence-corrected chi connectivity index (χ3v) is 3.91. The monoisotopic (exact) mass is 264 g/mol. The fourth-order valence-electron chi connectivity index (χ4n) is 2.65. The highest BCUT2D eigenvalue weighted by Crippen LogP contribution is 2.39. The van der Waals surface area contributed by atoms with Crippen molar-refractivity contribution in [1.82, 2.24) is 10.3 Å². The number of pyridine rings is 1. The SMILES string of the molecule is Brc1ccc(C2=CC[C@@H]3CNC[C@H]23)cn1. The highest BCUT2D eigenvalue weighted by Gasteiger charge is 2.33. The van der Waals surface area contributed by atoms with Gasteiger partial charge in [0.05, 0.1) is 0 Å². The van der Waals surface area contributed by atoms with E-state index in [1.54, 1.807) is 0 Å². The molecule has 2 heterocycles. The summed E-state index contributed by atoms with van der Waals surface area (Å²) in [4.78, 5) is 4.29. The van der Waals surface area contributed by atoms with Crippen LogP contribution in [-0.4, -0.2) is 18.1 Å². The van der Waals surface area contributed by atoms with Gasteiger partial charge in [-0.3, -0.25) is 0 Å². The van der Waals surface area contributed by atoms with Crippen molar-refractivity contribution in [3.63, 3.8) is 0 Å². The Kier molecular flexibility index (Phi) is 2.37. The summed E-state index contributed by atoms with van der Waals surface area (Å²) in [6.07, 6.45) is 5.58. The molecular formula is C12H13BrN2. The molecule has 1 saturated heterocycles. The quantitative estimate of drug-likeness (QED) is 0.789. The molecule has 1 aliphatic heterocycles. The molecule has 0 spiro atoms. The molecule has 0 radical (unpaired) electrons. The molecule has 78 valence electrons. The summed E-state index contributed by atoms with van der Waals surface area (Å²) in [6.45, 7) is 2.31. The van der Waals surface area contributed by atoms with Gasteiger partial charge in [0, 0.05) is 18.7 Å². The number of fused-ring (bicyclic) bond motifs is 1. The third-order valence-electron chi connectivity index (χ3n) is 3.44. The summed E-state index contributed by atoms with van der Waals surface area (Å²) in [6, 6.07) is 4.18. The smallest absolute Gasteiger partial charge is 0.106 e. The summed E-state index contributed by atoms with van der Waals surface area (Å²) in [5.74, 6) is 1.54. The third kappa shape index (κ3) is 1.64. The molecule has 3 heteroatoms. The minimum atomic E-state index is 0.716. The van der Waals surface area contributed by atoms with Crippen molar-refractivity contribution >= 4 is 21.5 Å². The van der Waals surface area contributed by atoms with Crippen LogP contribution >= 0.6 is 15.9 Å². The van der Waals surface area contributed by atoms with E-state index in [0.717, 1.165) is 17.1 Å². The van der Waals surface area contributed by atoms with Gasteiger partial charge >= 0.3 is 0 Å². The van der Waals surface area contributed by atoms with E-state index in [9.17, 15) is 0 Å². The van der Waals surface area contributed by atoms with Gasteiger partial charge < -0.3 is 5.32 Å². The van der Waals surface area contributed by atoms with Crippen LogP contribution < -0.4 is 5.32 Å². The number of aromatic nitrogens is 1. The Morgan fingerprint density at radius 3 is 3.07 bits per heavy atom. The number of nitrogens with one attached hydrogen (secondary N) is 1. The van der Waals surface area contributed by atoms with Gasteiger partial charge in [0.1, 0.15) is 4.60 Å². The van der Waals surface area contributed by atoms with Gasteiger partial charge in [-0.1, -0.05) is 12.1 Å². The molecule has 0 amide bonds. The Morgan fingerprint density at radius 2 is 2.27 bits per heavy atom. The zero-order valence-corrected chi connectivity index (χ0v) is 10.00. The molecule has 2 aliphatic rings. The number of hydrogen-bond acceptors (Lipinski definition) is 2. The molecule has 0 bridgehead atoms. The van der Waals surface area contributed by atoms with E-state index < -0.39 is 0 Å². The first kappa shape index (κ1) is 9.55. The topological polar surface area (TPSA) is 24.9 Å². The molecule has 3 rings (SSSR count). The first-order valence-electron chi connectivity index (χ1n) is 5.37. The normalized spacial score (nSPS) is 29.0. The van der Waals surface area contributed by atoms with Crippen LogP contribution in [0.3, 0.4) is 0 Å². The summed E-state index contributed by atoms with van der Waals surface area (Å²) < 4.78 is 0.908. The zero-order valence-electron chi connectivity index (χ0n) is 8.41. The average molecular weight is 265 g/mol. The van der Waals surface area contributed by atoms with Crippen molar-refractivity contribution in [1.29, 1.82) is 0 Å². The van der Waals surface area contributed by atoms with E-state index in [2.05, 4.69) is 38.4 Å². The van der Waals surface area contributed by atoms with E-state index in [0.29, 0.717) is 5.92 Å². The van der Waals surface area contributed by atoms with Crippen LogP contribution in [0.4, 0.5) is 0 Å². The van der Waals surface area contributed by atoms with E-state index in [1.165, 1.54) is 24.1 Å². The summed E-state index contributed by atoms with van der Waals surface area (Å²) in [5, 5.41) is 3.46. The molecular weight excluding hydrogens is 252 g/mol. The van der Waals surface area contributed by atoms with Crippen molar-refractivity contribution in [3.8, 4) is 0 Å². The van der Waals surface area contributed by atoms with Crippen LogP contribution in [0.2, 0.25) is 0 Å². The minimum Gasteiger partial charge on any atom is -0.316 e. The van der Waals surface area contributed by atoms with E-state index in [1.807, 2.05) is 12.3 Å². The highest BCUT2D eigenvalue weighted by atomic mass is 79.9. The van der Waals surface area contributed by atoms with Crippen molar-refractivity contribution in [2.75, 3.05) is 13.1 Å². The molecule has 0 saturated carbocycles. The lowest BCUT2D eigenvalue weighted by Crippen LogP contribution is -2.09. The summed E-state index contributed by atoms with van der Waals surface area (Å²) in [5.41, 5.74) is 2.78. The van der Waals surface area contributed by atoms with Gasteiger partial charge in [-0.15, -0.1) is 0 Å². The number of nitrogens with zero attached hydrogens (tertiary/aromatic N) is 1. The lowest BCUT2D eigenvalue weighted by Gasteiger charge is -2.13. The van der Waals surface area contributed by atoms with Crippen LogP contribution in [0.15, 0.2) is 29.0 Å². The molecule has 1 aromatic rings. The van der Waals surface area contributed by atoms with Gasteiger partial charge in [0.15, 0.2) is 0 Å². The largest absolute Gasteiger partial charge is 0.316 e. The molecule has 0 aromatic carbocycles. The van der Waals surface area contributed by atoms with Crippen molar-refractivity contribution in [2.45, 2.75) is 6.42 Å². The Balaban J connectivity index is 1.91. The molecule has 1 fully saturated rings. The summed E-state index contributed by atoms with van der Waals surface area (Å²) in [7, 11) is 0. The standard InChI is InChI=1S/C12H13BrN2/c13-12-4-2-9(6-15-12)10-3-1-8-5-14-7-11(8)10/h2-4,6,8,11,14H,1,5,7H2/t8-,11+/m1/s1. The van der Waals surface area contributed by atoms with E-state index in [4.69, 9.17) is 0 Å². The maximum atomic E-state index is 4.29. The Bertz CT molecular complexity index is 397. The maximum Gasteiger partial charge on any atom is 0.106 e. The fraction of sp³-hybridized carbons (Fsp3) is 0.417. The Labute approximate surface area is 97.9 Å². The second-order valence-corrected chi connectivity index (χ2v) is 5.10. The Morgan fingerprint density at radius 1 is 1.33 bits per heavy atom. The number of rotatable bonds is 1. The zero-order chi connectivity index (χ0) is 10.3. The van der Waals surface area contributed by atoms with Crippen molar-refractivity contribution < 1.29 is 0 Å². The van der Waals surface area contributed by atoms with Gasteiger partial charge in [0.25, 0.3) is 0 Å². The molecule has 0 unspecified atom stereocenters. The van der Waals surface area contributed by atoms with Gasteiger partial charge in [0.2, 0.25) is 0 Å². The molecule has 2 atom stereocenters. The van der Waals surface area contributed by atoms with Gasteiger partial charge in [-0.25, -0.2) is 4.98 Å². The molecule has 2 nitrogen and oxygen atoms in total. The average Bonchev–Trinajstić information content (AvgIpc) is 2.80. The molecule has 1 aromatic heterocycles. The maximum absolute atomic E-state index is 4.29. The van der Waals surface area contributed by atoms with Crippen molar-refractivity contribution in [2.24, 2.45) is 11.8 Å². The van der Waals surface area contributed by atoms with Gasteiger partial charge in [-0.05, 0) is 52.0 Å². The number of hydrogen-bond donors (Lipinski definition) is 1. The minimum absolute atomic E-state index is 0.716. The molecule has 1 aliphatic carbocycles. The van der Waals surface area contributed by atoms with Crippen molar-refractivity contribution in [3.05, 3.63) is 34.6 Å². The highest BCUT2D eigenvalue weighted by molar-refractivity contribution is 9.10. The van der Waals surface area contributed by atoms with E-state index in [-0.39, 0.29) is 0 Å². The molecule has 1 N–H and O–H groups in total. The van der Waals surface area contributed by atoms with Gasteiger partial charge in [-0.2, -0.15) is 0 Å². The number of halogens is 1. The Hall–Kier alpha value is -0.670. The second-order valence-electron chi connectivity index (χ2n) is 4.29. The first-order chi connectivity index (χ1) is 7.34. The lowest BCUT2D eigenvalue weighted by molar-refractivity contribution is 0.542. The second kappa shape index (κ2) is 3.72. The van der Waals surface area contributed by atoms with Crippen LogP contribution in [0.25, 0.3) is 5.57 Å².